The Bertz CT molecular complexity index is 788. The summed E-state index contributed by atoms with van der Waals surface area (Å²) in [4.78, 5) is 7.20. The van der Waals surface area contributed by atoms with E-state index in [0.717, 1.165) is 42.3 Å². The van der Waals surface area contributed by atoms with E-state index in [2.05, 4.69) is 54.9 Å². The third-order valence-electron chi connectivity index (χ3n) is 5.76. The fourth-order valence-corrected chi connectivity index (χ4v) is 3.80. The number of hydrogen-bond donors (Lipinski definition) is 1. The van der Waals surface area contributed by atoms with Gasteiger partial charge in [0.25, 0.3) is 0 Å². The number of likely N-dealkylation sites (tertiary alicyclic amines) is 1. The number of H-pyrrole nitrogens is 1. The van der Waals surface area contributed by atoms with Crippen LogP contribution in [-0.4, -0.2) is 45.8 Å². The van der Waals surface area contributed by atoms with Gasteiger partial charge in [0, 0.05) is 35.5 Å². The van der Waals surface area contributed by atoms with Gasteiger partial charge in [-0.05, 0) is 50.8 Å². The van der Waals surface area contributed by atoms with E-state index >= 15 is 0 Å². The fourth-order valence-electron chi connectivity index (χ4n) is 3.80. The van der Waals surface area contributed by atoms with Gasteiger partial charge in [0.2, 0.25) is 0 Å². The second-order valence-corrected chi connectivity index (χ2v) is 9.07. The van der Waals surface area contributed by atoms with Crippen molar-refractivity contribution >= 4 is 0 Å². The average molecular weight is 369 g/mol. The normalized spacial score (nSPS) is 21.4. The molecule has 146 valence electrons. The molecule has 1 saturated heterocycles. The van der Waals surface area contributed by atoms with E-state index < -0.39 is 0 Å². The molecule has 1 aliphatic carbocycles. The predicted molar refractivity (Wildman–Crippen MR) is 108 cm³/mol. The van der Waals surface area contributed by atoms with Crippen molar-refractivity contribution in [2.24, 2.45) is 0 Å². The van der Waals surface area contributed by atoms with Gasteiger partial charge < -0.3 is 4.74 Å². The molecular weight excluding hydrogens is 336 g/mol. The molecule has 2 aromatic heterocycles. The van der Waals surface area contributed by atoms with Crippen LogP contribution in [0.3, 0.4) is 0 Å². The highest BCUT2D eigenvalue weighted by atomic mass is 16.5. The van der Waals surface area contributed by atoms with Crippen molar-refractivity contribution in [2.75, 3.05) is 19.6 Å². The van der Waals surface area contributed by atoms with Crippen LogP contribution in [0.15, 0.2) is 18.3 Å². The van der Waals surface area contributed by atoms with E-state index in [1.807, 2.05) is 6.20 Å². The third-order valence-corrected chi connectivity index (χ3v) is 5.76. The second-order valence-electron chi connectivity index (χ2n) is 9.07. The van der Waals surface area contributed by atoms with E-state index in [1.54, 1.807) is 0 Å². The lowest BCUT2D eigenvalue weighted by molar-refractivity contribution is 0.0911. The lowest BCUT2D eigenvalue weighted by Crippen LogP contribution is -2.40. The van der Waals surface area contributed by atoms with Crippen molar-refractivity contribution < 1.29 is 4.74 Å². The molecule has 27 heavy (non-hydrogen) atoms. The molecular formula is C22H32N4O. The molecule has 1 saturated carbocycles. The van der Waals surface area contributed by atoms with Crippen LogP contribution in [0.4, 0.5) is 0 Å². The Kier molecular flexibility index (Phi) is 4.97. The highest BCUT2D eigenvalue weighted by molar-refractivity contribution is 5.58. The van der Waals surface area contributed by atoms with Gasteiger partial charge in [-0.1, -0.05) is 27.7 Å². The van der Waals surface area contributed by atoms with E-state index in [-0.39, 0.29) is 11.5 Å². The lowest BCUT2D eigenvalue weighted by Gasteiger charge is -2.32. The van der Waals surface area contributed by atoms with Gasteiger partial charge in [-0.2, -0.15) is 5.10 Å². The first-order valence-electron chi connectivity index (χ1n) is 10.4. The van der Waals surface area contributed by atoms with Crippen molar-refractivity contribution in [1.82, 2.24) is 20.1 Å². The number of nitrogens with one attached hydrogen (secondary N) is 1. The Balaban J connectivity index is 1.60. The van der Waals surface area contributed by atoms with E-state index in [4.69, 9.17) is 9.72 Å². The standard InChI is InChI=1S/C22H32N4O/c1-5-26-10-6-7-16(14-26)27-20-11-18(23-13-17(20)15-8-9-15)19-12-21(25-24-19)22(2,3)4/h11-13,15-16H,5-10,14H2,1-4H3,(H,24,25). The van der Waals surface area contributed by atoms with E-state index in [1.165, 1.54) is 31.4 Å². The van der Waals surface area contributed by atoms with E-state index in [0.29, 0.717) is 5.92 Å². The Morgan fingerprint density at radius 1 is 1.19 bits per heavy atom. The van der Waals surface area contributed by atoms with Crippen molar-refractivity contribution in [2.45, 2.75) is 70.8 Å². The maximum absolute atomic E-state index is 6.54. The third kappa shape index (κ3) is 4.18. The minimum Gasteiger partial charge on any atom is -0.489 e. The number of hydrogen-bond acceptors (Lipinski definition) is 4. The second kappa shape index (κ2) is 7.27. The zero-order valence-electron chi connectivity index (χ0n) is 17.1. The lowest BCUT2D eigenvalue weighted by atomic mass is 9.92. The molecule has 1 unspecified atom stereocenters. The maximum atomic E-state index is 6.54. The Hall–Kier alpha value is -1.88. The molecule has 5 nitrogen and oxygen atoms in total. The summed E-state index contributed by atoms with van der Waals surface area (Å²) in [5.74, 6) is 1.64. The molecule has 0 spiro atoms. The van der Waals surface area contributed by atoms with Gasteiger partial charge in [0.05, 0.1) is 5.69 Å². The van der Waals surface area contributed by atoms with Crippen LogP contribution >= 0.6 is 0 Å². The van der Waals surface area contributed by atoms with Crippen LogP contribution in [0.25, 0.3) is 11.4 Å². The fraction of sp³-hybridized carbons (Fsp3) is 0.636. The number of ether oxygens (including phenoxy) is 1. The summed E-state index contributed by atoms with van der Waals surface area (Å²) in [6, 6.07) is 4.23. The molecule has 0 aromatic carbocycles. The molecule has 2 aromatic rings. The number of nitrogens with zero attached hydrogens (tertiary/aromatic N) is 3. The SMILES string of the molecule is CCN1CCCC(Oc2cc(-c3cc(C(C)(C)C)[nH]n3)ncc2C2CC2)C1. The first-order valence-corrected chi connectivity index (χ1v) is 10.4. The molecule has 1 aliphatic heterocycles. The summed E-state index contributed by atoms with van der Waals surface area (Å²) in [6.07, 6.45) is 7.14. The molecule has 4 rings (SSSR count). The largest absolute Gasteiger partial charge is 0.489 e. The number of pyridine rings is 1. The summed E-state index contributed by atoms with van der Waals surface area (Å²) in [5.41, 5.74) is 4.23. The number of rotatable bonds is 5. The highest BCUT2D eigenvalue weighted by Gasteiger charge is 2.30. The predicted octanol–water partition coefficient (Wildman–Crippen LogP) is 4.51. The smallest absolute Gasteiger partial charge is 0.127 e. The van der Waals surface area contributed by atoms with Crippen LogP contribution in [0.1, 0.15) is 70.6 Å². The Morgan fingerprint density at radius 2 is 2.00 bits per heavy atom. The average Bonchev–Trinajstić information content (AvgIpc) is 3.35. The minimum absolute atomic E-state index is 0.0459. The van der Waals surface area contributed by atoms with Gasteiger partial charge >= 0.3 is 0 Å². The molecule has 2 fully saturated rings. The van der Waals surface area contributed by atoms with Gasteiger partial charge in [0.1, 0.15) is 17.5 Å². The van der Waals surface area contributed by atoms with Crippen LogP contribution < -0.4 is 4.74 Å². The van der Waals surface area contributed by atoms with Gasteiger partial charge in [-0.3, -0.25) is 15.0 Å². The molecule has 0 radical (unpaired) electrons. The number of aromatic amines is 1. The summed E-state index contributed by atoms with van der Waals surface area (Å²) < 4.78 is 6.54. The molecule has 1 atom stereocenters. The van der Waals surface area contributed by atoms with Crippen molar-refractivity contribution in [3.05, 3.63) is 29.6 Å². The van der Waals surface area contributed by atoms with Crippen LogP contribution in [0.5, 0.6) is 5.75 Å². The summed E-state index contributed by atoms with van der Waals surface area (Å²) >= 11 is 0. The zero-order valence-corrected chi connectivity index (χ0v) is 17.1. The molecule has 5 heteroatoms. The molecule has 0 amide bonds. The number of piperidine rings is 1. The highest BCUT2D eigenvalue weighted by Crippen LogP contribution is 2.45. The van der Waals surface area contributed by atoms with Gasteiger partial charge in [0.15, 0.2) is 0 Å². The van der Waals surface area contributed by atoms with Crippen molar-refractivity contribution in [3.8, 4) is 17.1 Å². The molecule has 0 bridgehead atoms. The van der Waals surface area contributed by atoms with Crippen molar-refractivity contribution in [1.29, 1.82) is 0 Å². The summed E-state index contributed by atoms with van der Waals surface area (Å²) in [7, 11) is 0. The molecule has 1 N–H and O–H groups in total. The summed E-state index contributed by atoms with van der Waals surface area (Å²) in [6.45, 7) is 12.1. The van der Waals surface area contributed by atoms with Crippen LogP contribution in [0.2, 0.25) is 0 Å². The Labute approximate surface area is 162 Å². The van der Waals surface area contributed by atoms with Crippen molar-refractivity contribution in [3.63, 3.8) is 0 Å². The first-order chi connectivity index (χ1) is 12.9. The van der Waals surface area contributed by atoms with Gasteiger partial charge in [-0.25, -0.2) is 0 Å². The monoisotopic (exact) mass is 368 g/mol. The molecule has 3 heterocycles. The quantitative estimate of drug-likeness (QED) is 0.844. The zero-order chi connectivity index (χ0) is 19.0. The van der Waals surface area contributed by atoms with Crippen LogP contribution in [0, 0.1) is 0 Å². The first kappa shape index (κ1) is 18.5. The van der Waals surface area contributed by atoms with E-state index in [9.17, 15) is 0 Å². The van der Waals surface area contributed by atoms with Crippen LogP contribution in [-0.2, 0) is 5.41 Å². The number of likely N-dealkylation sites (N-methyl/N-ethyl adjacent to an activating group) is 1. The summed E-state index contributed by atoms with van der Waals surface area (Å²) in [5, 5.41) is 7.68. The topological polar surface area (TPSA) is 54.0 Å². The number of aromatic nitrogens is 3. The van der Waals surface area contributed by atoms with Gasteiger partial charge in [-0.15, -0.1) is 0 Å². The molecule has 2 aliphatic rings. The Morgan fingerprint density at radius 3 is 2.67 bits per heavy atom. The maximum Gasteiger partial charge on any atom is 0.127 e. The minimum atomic E-state index is 0.0459.